The zero-order chi connectivity index (χ0) is 19.1. The minimum Gasteiger partial charge on any atom is -0.339 e. The first-order valence-corrected chi connectivity index (χ1v) is 9.91. The Bertz CT molecular complexity index is 1040. The van der Waals surface area contributed by atoms with E-state index < -0.39 is 0 Å². The quantitative estimate of drug-likeness (QED) is 0.682. The highest BCUT2D eigenvalue weighted by Gasteiger charge is 2.26. The first-order chi connectivity index (χ1) is 13.0. The zero-order valence-electron chi connectivity index (χ0n) is 15.7. The Morgan fingerprint density at radius 1 is 1.26 bits per heavy atom. The van der Waals surface area contributed by atoms with Crippen LogP contribution in [0, 0.1) is 6.92 Å². The molecule has 0 aromatic carbocycles. The summed E-state index contributed by atoms with van der Waals surface area (Å²) in [5, 5.41) is 6.26. The first-order valence-electron chi connectivity index (χ1n) is 9.03. The number of thiophene rings is 1. The molecule has 1 aliphatic rings. The monoisotopic (exact) mass is 386 g/mol. The van der Waals surface area contributed by atoms with Crippen LogP contribution in [0.3, 0.4) is 0 Å². The summed E-state index contributed by atoms with van der Waals surface area (Å²) in [4.78, 5) is 35.0. The summed E-state index contributed by atoms with van der Waals surface area (Å²) in [6.45, 7) is 6.86. The van der Waals surface area contributed by atoms with Gasteiger partial charge in [-0.2, -0.15) is 5.10 Å². The first kappa shape index (κ1) is 17.7. The molecule has 1 fully saturated rings. The van der Waals surface area contributed by atoms with Crippen LogP contribution in [0.15, 0.2) is 22.3 Å². The van der Waals surface area contributed by atoms with Crippen LogP contribution >= 0.6 is 11.3 Å². The summed E-state index contributed by atoms with van der Waals surface area (Å²) in [7, 11) is 1.77. The second-order valence-corrected chi connectivity index (χ2v) is 7.57. The molecule has 1 aliphatic heterocycles. The number of hydrogen-bond donors (Lipinski definition) is 0. The van der Waals surface area contributed by atoms with Crippen molar-refractivity contribution in [3.63, 3.8) is 0 Å². The average molecular weight is 386 g/mol. The smallest absolute Gasteiger partial charge is 0.281 e. The van der Waals surface area contributed by atoms with Crippen LogP contribution < -0.4 is 10.5 Å². The second-order valence-electron chi connectivity index (χ2n) is 6.62. The average Bonchev–Trinajstić information content (AvgIpc) is 3.30. The molecule has 0 saturated carbocycles. The molecule has 1 amide bonds. The highest BCUT2D eigenvalue weighted by atomic mass is 32.1. The third kappa shape index (κ3) is 2.91. The summed E-state index contributed by atoms with van der Waals surface area (Å²) in [6, 6.07) is 3.75. The Labute approximate surface area is 160 Å². The number of rotatable bonds is 3. The SMILES string of the molecule is CCn1c(N2CCN(C(=O)c3cccs3)CC2)nc2c(C)nn(C)c2c1=O. The molecule has 27 heavy (non-hydrogen) atoms. The number of piperazine rings is 1. The lowest BCUT2D eigenvalue weighted by Crippen LogP contribution is -2.50. The number of anilines is 1. The Hall–Kier alpha value is -2.68. The van der Waals surface area contributed by atoms with Crippen molar-refractivity contribution >= 4 is 34.2 Å². The fourth-order valence-corrected chi connectivity index (χ4v) is 4.28. The molecular formula is C18H22N6O2S. The van der Waals surface area contributed by atoms with Gasteiger partial charge in [-0.05, 0) is 25.3 Å². The van der Waals surface area contributed by atoms with Crippen molar-refractivity contribution < 1.29 is 4.79 Å². The molecule has 142 valence electrons. The zero-order valence-corrected chi connectivity index (χ0v) is 16.5. The van der Waals surface area contributed by atoms with Gasteiger partial charge in [0, 0.05) is 39.8 Å². The number of aryl methyl sites for hydroxylation is 2. The summed E-state index contributed by atoms with van der Waals surface area (Å²) in [6.07, 6.45) is 0. The van der Waals surface area contributed by atoms with Gasteiger partial charge in [-0.1, -0.05) is 6.07 Å². The van der Waals surface area contributed by atoms with Crippen LogP contribution in [0.2, 0.25) is 0 Å². The van der Waals surface area contributed by atoms with Crippen molar-refractivity contribution in [1.29, 1.82) is 0 Å². The molecular weight excluding hydrogens is 364 g/mol. The van der Waals surface area contributed by atoms with Gasteiger partial charge in [-0.25, -0.2) is 4.98 Å². The lowest BCUT2D eigenvalue weighted by molar-refractivity contribution is 0.0751. The van der Waals surface area contributed by atoms with E-state index in [0.29, 0.717) is 49.7 Å². The van der Waals surface area contributed by atoms with E-state index in [4.69, 9.17) is 4.98 Å². The van der Waals surface area contributed by atoms with E-state index in [0.717, 1.165) is 10.6 Å². The van der Waals surface area contributed by atoms with Crippen molar-refractivity contribution in [3.05, 3.63) is 38.4 Å². The molecule has 0 radical (unpaired) electrons. The molecule has 0 spiro atoms. The summed E-state index contributed by atoms with van der Waals surface area (Å²) in [5.41, 5.74) is 1.86. The molecule has 9 heteroatoms. The van der Waals surface area contributed by atoms with Crippen LogP contribution in [0.4, 0.5) is 5.95 Å². The van der Waals surface area contributed by atoms with Crippen molar-refractivity contribution in [1.82, 2.24) is 24.2 Å². The Morgan fingerprint density at radius 3 is 2.63 bits per heavy atom. The Balaban J connectivity index is 1.63. The minimum absolute atomic E-state index is 0.0716. The van der Waals surface area contributed by atoms with Crippen molar-refractivity contribution in [2.24, 2.45) is 7.05 Å². The van der Waals surface area contributed by atoms with E-state index in [1.54, 1.807) is 16.3 Å². The standard InChI is InChI=1S/C18H22N6O2S/c1-4-24-17(26)15-14(12(2)20-21(15)3)19-18(24)23-9-7-22(8-10-23)16(25)13-6-5-11-27-13/h5-6,11H,4,7-10H2,1-3H3. The largest absolute Gasteiger partial charge is 0.339 e. The van der Waals surface area contributed by atoms with Crippen LogP contribution in [0.5, 0.6) is 0 Å². The summed E-state index contributed by atoms with van der Waals surface area (Å²) >= 11 is 1.46. The van der Waals surface area contributed by atoms with E-state index in [2.05, 4.69) is 10.00 Å². The van der Waals surface area contributed by atoms with Gasteiger partial charge in [-0.15, -0.1) is 11.3 Å². The molecule has 3 aromatic rings. The number of aromatic nitrogens is 4. The van der Waals surface area contributed by atoms with Crippen LogP contribution in [-0.2, 0) is 13.6 Å². The molecule has 3 aromatic heterocycles. The maximum absolute atomic E-state index is 13.0. The number of carbonyl (C=O) groups is 1. The van der Waals surface area contributed by atoms with Gasteiger partial charge in [0.15, 0.2) is 5.52 Å². The number of nitrogens with zero attached hydrogens (tertiary/aromatic N) is 6. The maximum atomic E-state index is 13.0. The van der Waals surface area contributed by atoms with Gasteiger partial charge in [0.1, 0.15) is 5.52 Å². The molecule has 4 heterocycles. The molecule has 1 saturated heterocycles. The number of carbonyl (C=O) groups excluding carboxylic acids is 1. The van der Waals surface area contributed by atoms with Crippen LogP contribution in [0.1, 0.15) is 22.3 Å². The maximum Gasteiger partial charge on any atom is 0.281 e. The lowest BCUT2D eigenvalue weighted by atomic mass is 10.3. The van der Waals surface area contributed by atoms with E-state index >= 15 is 0 Å². The number of amides is 1. The third-order valence-electron chi connectivity index (χ3n) is 4.99. The summed E-state index contributed by atoms with van der Waals surface area (Å²) in [5.74, 6) is 0.735. The number of fused-ring (bicyclic) bond motifs is 1. The van der Waals surface area contributed by atoms with E-state index in [1.165, 1.54) is 11.3 Å². The predicted octanol–water partition coefficient (Wildman–Crippen LogP) is 1.48. The van der Waals surface area contributed by atoms with Crippen LogP contribution in [-0.4, -0.2) is 56.3 Å². The van der Waals surface area contributed by atoms with Gasteiger partial charge in [0.2, 0.25) is 5.95 Å². The normalized spacial score (nSPS) is 14.9. The van der Waals surface area contributed by atoms with Crippen molar-refractivity contribution in [2.45, 2.75) is 20.4 Å². The third-order valence-corrected chi connectivity index (χ3v) is 5.85. The predicted molar refractivity (Wildman–Crippen MR) is 106 cm³/mol. The Morgan fingerprint density at radius 2 is 2.00 bits per heavy atom. The van der Waals surface area contributed by atoms with Gasteiger partial charge in [0.25, 0.3) is 11.5 Å². The van der Waals surface area contributed by atoms with Gasteiger partial charge in [-0.3, -0.25) is 18.8 Å². The molecule has 8 nitrogen and oxygen atoms in total. The van der Waals surface area contributed by atoms with E-state index in [1.807, 2.05) is 36.3 Å². The highest BCUT2D eigenvalue weighted by molar-refractivity contribution is 7.12. The van der Waals surface area contributed by atoms with E-state index in [9.17, 15) is 9.59 Å². The van der Waals surface area contributed by atoms with Crippen molar-refractivity contribution in [3.8, 4) is 0 Å². The fraction of sp³-hybridized carbons (Fsp3) is 0.444. The summed E-state index contributed by atoms with van der Waals surface area (Å²) < 4.78 is 3.30. The number of hydrogen-bond acceptors (Lipinski definition) is 6. The molecule has 0 bridgehead atoms. The molecule has 0 atom stereocenters. The molecule has 4 rings (SSSR count). The second kappa shape index (κ2) is 6.80. The van der Waals surface area contributed by atoms with Gasteiger partial charge >= 0.3 is 0 Å². The Kier molecular flexibility index (Phi) is 4.47. The molecule has 0 N–H and O–H groups in total. The fourth-order valence-electron chi connectivity index (χ4n) is 3.59. The molecule has 0 unspecified atom stereocenters. The van der Waals surface area contributed by atoms with Crippen LogP contribution in [0.25, 0.3) is 11.0 Å². The van der Waals surface area contributed by atoms with Crippen molar-refractivity contribution in [2.75, 3.05) is 31.1 Å². The van der Waals surface area contributed by atoms with Gasteiger partial charge in [0.05, 0.1) is 10.6 Å². The van der Waals surface area contributed by atoms with E-state index in [-0.39, 0.29) is 11.5 Å². The van der Waals surface area contributed by atoms with Gasteiger partial charge < -0.3 is 9.80 Å². The highest BCUT2D eigenvalue weighted by Crippen LogP contribution is 2.20. The molecule has 0 aliphatic carbocycles. The topological polar surface area (TPSA) is 76.3 Å². The minimum atomic E-state index is -0.0716. The lowest BCUT2D eigenvalue weighted by Gasteiger charge is -2.35.